The van der Waals surface area contributed by atoms with Crippen molar-refractivity contribution in [1.82, 2.24) is 0 Å². The third kappa shape index (κ3) is 4.73. The smallest absolute Gasteiger partial charge is 0.244 e. The van der Waals surface area contributed by atoms with Crippen LogP contribution in [0.5, 0.6) is 0 Å². The zero-order chi connectivity index (χ0) is 18.6. The molecule has 0 spiro atoms. The molecule has 6 heteroatoms. The number of hydrogen-bond donors (Lipinski definition) is 1. The number of nitrogens with one attached hydrogen (secondary N) is 1. The lowest BCUT2D eigenvalue weighted by Gasteiger charge is -2.22. The van der Waals surface area contributed by atoms with Crippen LogP contribution in [0.1, 0.15) is 12.5 Å². The summed E-state index contributed by atoms with van der Waals surface area (Å²) in [5.74, 6) is -0.479. The summed E-state index contributed by atoms with van der Waals surface area (Å²) in [5.41, 5.74) is 3.13. The topological polar surface area (TPSA) is 52.7 Å². The largest absolute Gasteiger partial charge is 0.378 e. The molecule has 2 aromatic rings. The second-order valence-electron chi connectivity index (χ2n) is 5.98. The average molecular weight is 360 g/mol. The highest BCUT2D eigenvalue weighted by atomic mass is 35.5. The van der Waals surface area contributed by atoms with Crippen LogP contribution in [0.25, 0.3) is 0 Å². The highest BCUT2D eigenvalue weighted by molar-refractivity contribution is 6.31. The molecule has 25 heavy (non-hydrogen) atoms. The molecule has 0 saturated heterocycles. The van der Waals surface area contributed by atoms with Gasteiger partial charge in [0, 0.05) is 43.1 Å². The number of amides is 2. The fraction of sp³-hybridized carbons (Fsp3) is 0.263. The van der Waals surface area contributed by atoms with Gasteiger partial charge in [-0.15, -0.1) is 0 Å². The second kappa shape index (κ2) is 8.03. The molecule has 0 atom stereocenters. The van der Waals surface area contributed by atoms with Gasteiger partial charge in [0.25, 0.3) is 0 Å². The maximum absolute atomic E-state index is 12.4. The zero-order valence-electron chi connectivity index (χ0n) is 14.8. The summed E-state index contributed by atoms with van der Waals surface area (Å²) >= 11 is 6.07. The van der Waals surface area contributed by atoms with E-state index in [1.165, 1.54) is 11.8 Å². The molecule has 0 heterocycles. The molecule has 2 aromatic carbocycles. The lowest BCUT2D eigenvalue weighted by molar-refractivity contribution is -0.120. The van der Waals surface area contributed by atoms with Crippen molar-refractivity contribution in [3.05, 3.63) is 53.1 Å². The minimum atomic E-state index is -0.280. The van der Waals surface area contributed by atoms with Crippen molar-refractivity contribution < 1.29 is 9.59 Å². The molecule has 0 aliphatic rings. The fourth-order valence-corrected chi connectivity index (χ4v) is 2.57. The Hall–Kier alpha value is -2.53. The lowest BCUT2D eigenvalue weighted by Crippen LogP contribution is -2.36. The molecule has 0 aliphatic heterocycles. The van der Waals surface area contributed by atoms with Crippen LogP contribution < -0.4 is 15.1 Å². The van der Waals surface area contributed by atoms with Gasteiger partial charge in [0.1, 0.15) is 6.54 Å². The third-order valence-corrected chi connectivity index (χ3v) is 4.31. The summed E-state index contributed by atoms with van der Waals surface area (Å²) in [4.78, 5) is 27.8. The Morgan fingerprint density at radius 2 is 1.64 bits per heavy atom. The summed E-state index contributed by atoms with van der Waals surface area (Å²) < 4.78 is 0. The number of halogens is 1. The van der Waals surface area contributed by atoms with Crippen LogP contribution in [-0.4, -0.2) is 32.5 Å². The van der Waals surface area contributed by atoms with E-state index in [2.05, 4.69) is 5.32 Å². The zero-order valence-corrected chi connectivity index (χ0v) is 15.6. The van der Waals surface area contributed by atoms with E-state index in [4.69, 9.17) is 11.6 Å². The molecule has 0 unspecified atom stereocenters. The number of rotatable bonds is 5. The van der Waals surface area contributed by atoms with Crippen molar-refractivity contribution in [2.24, 2.45) is 0 Å². The average Bonchev–Trinajstić information content (AvgIpc) is 2.56. The molecule has 1 N–H and O–H groups in total. The number of carbonyl (C=O) groups is 2. The van der Waals surface area contributed by atoms with Gasteiger partial charge in [-0.05, 0) is 48.9 Å². The predicted octanol–water partition coefficient (Wildman–Crippen LogP) is 3.71. The molecule has 0 saturated carbocycles. The lowest BCUT2D eigenvalue weighted by atomic mass is 10.2. The van der Waals surface area contributed by atoms with E-state index in [9.17, 15) is 9.59 Å². The van der Waals surface area contributed by atoms with Gasteiger partial charge >= 0.3 is 0 Å². The van der Waals surface area contributed by atoms with Crippen LogP contribution in [0.4, 0.5) is 17.1 Å². The summed E-state index contributed by atoms with van der Waals surface area (Å²) in [5, 5.41) is 3.39. The molecular formula is C19H22ClN3O2. The van der Waals surface area contributed by atoms with Crippen molar-refractivity contribution in [3.63, 3.8) is 0 Å². The number of anilines is 3. The SMILES string of the molecule is CC(=O)N(CC(=O)Nc1cccc(Cl)c1C)c1ccc(N(C)C)cc1. The first-order chi connectivity index (χ1) is 11.8. The Balaban J connectivity index is 2.14. The summed E-state index contributed by atoms with van der Waals surface area (Å²) in [6.07, 6.45) is 0. The van der Waals surface area contributed by atoms with Crippen molar-refractivity contribution >= 4 is 40.5 Å². The molecule has 2 rings (SSSR count). The molecule has 5 nitrogen and oxygen atoms in total. The second-order valence-corrected chi connectivity index (χ2v) is 6.38. The molecule has 0 radical (unpaired) electrons. The molecule has 0 aliphatic carbocycles. The number of hydrogen-bond acceptors (Lipinski definition) is 3. The quantitative estimate of drug-likeness (QED) is 0.885. The van der Waals surface area contributed by atoms with Crippen molar-refractivity contribution in [1.29, 1.82) is 0 Å². The number of benzene rings is 2. The summed E-state index contributed by atoms with van der Waals surface area (Å²) in [6, 6.07) is 12.8. The standard InChI is InChI=1S/C19H22ClN3O2/c1-13-17(20)6-5-7-18(13)21-19(25)12-23(14(2)24)16-10-8-15(9-11-16)22(3)4/h5-11H,12H2,1-4H3,(H,21,25). The molecule has 2 amide bonds. The van der Waals surface area contributed by atoms with Crippen LogP contribution in [0.15, 0.2) is 42.5 Å². The number of nitrogens with zero attached hydrogens (tertiary/aromatic N) is 2. The van der Waals surface area contributed by atoms with E-state index in [1.54, 1.807) is 18.2 Å². The van der Waals surface area contributed by atoms with E-state index >= 15 is 0 Å². The van der Waals surface area contributed by atoms with Gasteiger partial charge < -0.3 is 15.1 Å². The Morgan fingerprint density at radius 1 is 1.04 bits per heavy atom. The Kier molecular flexibility index (Phi) is 6.04. The first kappa shape index (κ1) is 18.8. The molecule has 0 fully saturated rings. The van der Waals surface area contributed by atoms with Crippen molar-refractivity contribution in [2.75, 3.05) is 35.8 Å². The molecule has 132 valence electrons. The molecular weight excluding hydrogens is 338 g/mol. The minimum Gasteiger partial charge on any atom is -0.378 e. The minimum absolute atomic E-state index is 0.0669. The number of carbonyl (C=O) groups excluding carboxylic acids is 2. The van der Waals surface area contributed by atoms with Gasteiger partial charge in [-0.25, -0.2) is 0 Å². The maximum atomic E-state index is 12.4. The van der Waals surface area contributed by atoms with Crippen LogP contribution >= 0.6 is 11.6 Å². The first-order valence-corrected chi connectivity index (χ1v) is 8.28. The van der Waals surface area contributed by atoms with Crippen LogP contribution in [0.2, 0.25) is 5.02 Å². The van der Waals surface area contributed by atoms with Crippen LogP contribution in [0.3, 0.4) is 0 Å². The van der Waals surface area contributed by atoms with E-state index in [-0.39, 0.29) is 18.4 Å². The van der Waals surface area contributed by atoms with Crippen LogP contribution in [0, 0.1) is 6.92 Å². The van der Waals surface area contributed by atoms with Gasteiger partial charge in [0.05, 0.1) is 0 Å². The predicted molar refractivity (Wildman–Crippen MR) is 104 cm³/mol. The Bertz CT molecular complexity index is 773. The normalized spacial score (nSPS) is 10.3. The summed E-state index contributed by atoms with van der Waals surface area (Å²) in [6.45, 7) is 3.21. The highest BCUT2D eigenvalue weighted by Crippen LogP contribution is 2.23. The van der Waals surface area contributed by atoms with Gasteiger partial charge in [-0.3, -0.25) is 9.59 Å². The Labute approximate surface area is 153 Å². The highest BCUT2D eigenvalue weighted by Gasteiger charge is 2.17. The van der Waals surface area contributed by atoms with Crippen molar-refractivity contribution in [3.8, 4) is 0 Å². The van der Waals surface area contributed by atoms with Crippen LogP contribution in [-0.2, 0) is 9.59 Å². The van der Waals surface area contributed by atoms with Gasteiger partial charge in [0.15, 0.2) is 0 Å². The van der Waals surface area contributed by atoms with Gasteiger partial charge in [0.2, 0.25) is 11.8 Å². The van der Waals surface area contributed by atoms with E-state index < -0.39 is 0 Å². The fourth-order valence-electron chi connectivity index (χ4n) is 2.39. The monoisotopic (exact) mass is 359 g/mol. The van der Waals surface area contributed by atoms with Crippen molar-refractivity contribution in [2.45, 2.75) is 13.8 Å². The van der Waals surface area contributed by atoms with E-state index in [1.807, 2.05) is 50.2 Å². The molecule has 0 aromatic heterocycles. The molecule has 0 bridgehead atoms. The van der Waals surface area contributed by atoms with E-state index in [0.717, 1.165) is 11.3 Å². The van der Waals surface area contributed by atoms with Gasteiger partial charge in [-0.1, -0.05) is 17.7 Å². The maximum Gasteiger partial charge on any atom is 0.244 e. The van der Waals surface area contributed by atoms with E-state index in [0.29, 0.717) is 16.4 Å². The third-order valence-electron chi connectivity index (χ3n) is 3.90. The summed E-state index contributed by atoms with van der Waals surface area (Å²) in [7, 11) is 3.89. The first-order valence-electron chi connectivity index (χ1n) is 7.90. The Morgan fingerprint density at radius 3 is 2.20 bits per heavy atom. The van der Waals surface area contributed by atoms with Gasteiger partial charge in [-0.2, -0.15) is 0 Å².